The summed E-state index contributed by atoms with van der Waals surface area (Å²) in [6.45, 7) is 3.76. The van der Waals surface area contributed by atoms with Crippen LogP contribution >= 0.6 is 0 Å². The molecule has 0 aliphatic carbocycles. The molecule has 0 bridgehead atoms. The maximum atomic E-state index is 14.3. The van der Waals surface area contributed by atoms with Crippen LogP contribution in [0, 0.1) is 12.7 Å². The van der Waals surface area contributed by atoms with Crippen LogP contribution in [0.25, 0.3) is 10.9 Å². The fraction of sp³-hybridized carbons (Fsp3) is 0.222. The number of benzene rings is 3. The third-order valence-electron chi connectivity index (χ3n) is 6.10. The molecule has 0 unspecified atom stereocenters. The molecule has 1 N–H and O–H groups in total. The van der Waals surface area contributed by atoms with Crippen molar-refractivity contribution in [2.75, 3.05) is 5.75 Å². The van der Waals surface area contributed by atoms with Crippen molar-refractivity contribution in [1.82, 2.24) is 9.88 Å². The van der Waals surface area contributed by atoms with E-state index in [0.29, 0.717) is 17.5 Å². The molecule has 4 rings (SSSR count). The molecule has 7 heteroatoms. The zero-order chi connectivity index (χ0) is 24.5. The Bertz CT molecular complexity index is 1470. The zero-order valence-electron chi connectivity index (χ0n) is 19.4. The normalized spacial score (nSPS) is 11.6. The van der Waals surface area contributed by atoms with Crippen molar-refractivity contribution < 1.29 is 17.6 Å². The fourth-order valence-corrected chi connectivity index (χ4v) is 4.86. The summed E-state index contributed by atoms with van der Waals surface area (Å²) in [6.07, 6.45) is 0.461. The average molecular weight is 479 g/mol. The van der Waals surface area contributed by atoms with Gasteiger partial charge in [-0.3, -0.25) is 4.79 Å². The van der Waals surface area contributed by atoms with Crippen molar-refractivity contribution in [1.29, 1.82) is 0 Å². The largest absolute Gasteiger partial charge is 0.348 e. The highest BCUT2D eigenvalue weighted by atomic mass is 32.2. The summed E-state index contributed by atoms with van der Waals surface area (Å²) in [5.74, 6) is -0.389. The first kappa shape index (κ1) is 23.7. The SMILES string of the molecule is CCS(=O)(=O)c1ccc(CNC(=O)c2ccc3c(c2)cc(Cc2ccc(C)cc2F)n3C)cc1. The molecule has 0 fully saturated rings. The Morgan fingerprint density at radius 2 is 1.74 bits per heavy atom. The maximum Gasteiger partial charge on any atom is 0.251 e. The molecule has 1 heterocycles. The molecule has 4 aromatic rings. The highest BCUT2D eigenvalue weighted by molar-refractivity contribution is 7.91. The van der Waals surface area contributed by atoms with Crippen LogP contribution in [-0.2, 0) is 29.9 Å². The van der Waals surface area contributed by atoms with Gasteiger partial charge in [-0.1, -0.05) is 31.2 Å². The number of rotatable bonds is 7. The molecule has 0 saturated heterocycles. The van der Waals surface area contributed by atoms with E-state index in [1.165, 1.54) is 6.07 Å². The number of halogens is 1. The predicted molar refractivity (Wildman–Crippen MR) is 132 cm³/mol. The number of amides is 1. The predicted octanol–water partition coefficient (Wildman–Crippen LogP) is 4.94. The van der Waals surface area contributed by atoms with Gasteiger partial charge in [0.2, 0.25) is 0 Å². The van der Waals surface area contributed by atoms with Gasteiger partial charge in [0.05, 0.1) is 10.6 Å². The van der Waals surface area contributed by atoms with E-state index in [1.807, 2.05) is 48.9 Å². The van der Waals surface area contributed by atoms with E-state index in [1.54, 1.807) is 37.3 Å². The van der Waals surface area contributed by atoms with E-state index in [0.717, 1.165) is 27.7 Å². The van der Waals surface area contributed by atoms with Crippen molar-refractivity contribution in [2.45, 2.75) is 31.7 Å². The second-order valence-corrected chi connectivity index (χ2v) is 10.7. The summed E-state index contributed by atoms with van der Waals surface area (Å²) in [5, 5.41) is 3.79. The first-order valence-corrected chi connectivity index (χ1v) is 12.8. The van der Waals surface area contributed by atoms with Crippen LogP contribution in [0.3, 0.4) is 0 Å². The summed E-state index contributed by atoms with van der Waals surface area (Å²) in [4.78, 5) is 13.0. The highest BCUT2D eigenvalue weighted by Gasteiger charge is 2.14. The number of hydrogen-bond acceptors (Lipinski definition) is 3. The molecule has 1 aromatic heterocycles. The quantitative estimate of drug-likeness (QED) is 0.409. The number of carbonyl (C=O) groups is 1. The first-order valence-electron chi connectivity index (χ1n) is 11.1. The van der Waals surface area contributed by atoms with Crippen LogP contribution in [0.15, 0.2) is 71.6 Å². The number of fused-ring (bicyclic) bond motifs is 1. The van der Waals surface area contributed by atoms with E-state index < -0.39 is 9.84 Å². The third kappa shape index (κ3) is 4.89. The minimum absolute atomic E-state index is 0.0483. The maximum absolute atomic E-state index is 14.3. The van der Waals surface area contributed by atoms with Gasteiger partial charge in [0.15, 0.2) is 9.84 Å². The number of nitrogens with zero attached hydrogens (tertiary/aromatic N) is 1. The molecule has 0 aliphatic heterocycles. The van der Waals surface area contributed by atoms with Crippen molar-refractivity contribution in [2.24, 2.45) is 7.05 Å². The molecule has 34 heavy (non-hydrogen) atoms. The van der Waals surface area contributed by atoms with Crippen LogP contribution in [0.4, 0.5) is 4.39 Å². The van der Waals surface area contributed by atoms with Crippen LogP contribution in [-0.4, -0.2) is 24.6 Å². The van der Waals surface area contributed by atoms with Crippen LogP contribution in [0.1, 0.15) is 39.7 Å². The van der Waals surface area contributed by atoms with Gasteiger partial charge in [0.1, 0.15) is 5.82 Å². The Hall–Kier alpha value is -3.45. The van der Waals surface area contributed by atoms with E-state index >= 15 is 0 Å². The van der Waals surface area contributed by atoms with Crippen molar-refractivity contribution in [3.8, 4) is 0 Å². The van der Waals surface area contributed by atoms with Crippen molar-refractivity contribution >= 4 is 26.6 Å². The van der Waals surface area contributed by atoms with Gasteiger partial charge in [-0.25, -0.2) is 12.8 Å². The number of carbonyl (C=O) groups excluding carboxylic acids is 1. The summed E-state index contributed by atoms with van der Waals surface area (Å²) >= 11 is 0. The zero-order valence-corrected chi connectivity index (χ0v) is 20.2. The van der Waals surface area contributed by atoms with Gasteiger partial charge < -0.3 is 9.88 Å². The average Bonchev–Trinajstić information content (AvgIpc) is 3.14. The number of aromatic nitrogens is 1. The van der Waals surface area contributed by atoms with Crippen molar-refractivity contribution in [3.63, 3.8) is 0 Å². The van der Waals surface area contributed by atoms with Crippen molar-refractivity contribution in [3.05, 3.63) is 100 Å². The van der Waals surface area contributed by atoms with E-state index in [9.17, 15) is 17.6 Å². The van der Waals surface area contributed by atoms with E-state index in [2.05, 4.69) is 5.32 Å². The molecule has 0 saturated carbocycles. The molecule has 1 amide bonds. The lowest BCUT2D eigenvalue weighted by Gasteiger charge is -2.08. The molecule has 0 spiro atoms. The Labute approximate surface area is 199 Å². The standard InChI is InChI=1S/C27H27FN2O3S/c1-4-34(32,33)24-10-6-19(7-11-24)17-29-27(31)21-9-12-26-22(14-21)16-23(30(26)3)15-20-8-5-18(2)13-25(20)28/h5-14,16H,4,15,17H2,1-3H3,(H,29,31). The third-order valence-corrected chi connectivity index (χ3v) is 7.85. The number of hydrogen-bond donors (Lipinski definition) is 1. The number of nitrogens with one attached hydrogen (secondary N) is 1. The Kier molecular flexibility index (Phi) is 6.57. The van der Waals surface area contributed by atoms with E-state index in [-0.39, 0.29) is 28.9 Å². The molecule has 0 radical (unpaired) electrons. The Morgan fingerprint density at radius 3 is 2.41 bits per heavy atom. The van der Waals surface area contributed by atoms with Crippen LogP contribution in [0.5, 0.6) is 0 Å². The lowest BCUT2D eigenvalue weighted by Crippen LogP contribution is -2.22. The second kappa shape index (κ2) is 9.43. The monoisotopic (exact) mass is 478 g/mol. The van der Waals surface area contributed by atoms with Crippen LogP contribution in [0.2, 0.25) is 0 Å². The molecule has 3 aromatic carbocycles. The van der Waals surface area contributed by atoms with Gasteiger partial charge in [0, 0.05) is 42.2 Å². The summed E-state index contributed by atoms with van der Waals surface area (Å²) < 4.78 is 40.2. The molecular weight excluding hydrogens is 451 g/mol. The van der Waals surface area contributed by atoms with Gasteiger partial charge in [0.25, 0.3) is 5.91 Å². The lowest BCUT2D eigenvalue weighted by molar-refractivity contribution is 0.0951. The van der Waals surface area contributed by atoms with E-state index in [4.69, 9.17) is 0 Å². The molecular formula is C27H27FN2O3S. The second-order valence-electron chi connectivity index (χ2n) is 8.47. The minimum atomic E-state index is -3.25. The Morgan fingerprint density at radius 1 is 1.00 bits per heavy atom. The highest BCUT2D eigenvalue weighted by Crippen LogP contribution is 2.24. The Balaban J connectivity index is 1.48. The van der Waals surface area contributed by atoms with Crippen LogP contribution < -0.4 is 5.32 Å². The molecule has 0 atom stereocenters. The molecule has 176 valence electrons. The topological polar surface area (TPSA) is 68.2 Å². The summed E-state index contributed by atoms with van der Waals surface area (Å²) in [6, 6.07) is 19.3. The van der Waals surface area contributed by atoms with Gasteiger partial charge in [-0.2, -0.15) is 0 Å². The smallest absolute Gasteiger partial charge is 0.251 e. The van der Waals surface area contributed by atoms with Gasteiger partial charge in [-0.05, 0) is 66.1 Å². The number of aryl methyl sites for hydroxylation is 2. The molecule has 0 aliphatic rings. The molecule has 5 nitrogen and oxygen atoms in total. The number of sulfone groups is 1. The van der Waals surface area contributed by atoms with Gasteiger partial charge >= 0.3 is 0 Å². The first-order chi connectivity index (χ1) is 16.2. The fourth-order valence-electron chi connectivity index (χ4n) is 3.97. The minimum Gasteiger partial charge on any atom is -0.348 e. The summed E-state index contributed by atoms with van der Waals surface area (Å²) in [7, 11) is -1.31. The lowest BCUT2D eigenvalue weighted by atomic mass is 10.1. The van der Waals surface area contributed by atoms with Gasteiger partial charge in [-0.15, -0.1) is 0 Å². The summed E-state index contributed by atoms with van der Waals surface area (Å²) in [5.41, 5.74) is 4.77.